The molecule has 0 aromatic heterocycles. The van der Waals surface area contributed by atoms with Gasteiger partial charge in [-0.3, -0.25) is 4.79 Å². The zero-order valence-electron chi connectivity index (χ0n) is 5.67. The zero-order chi connectivity index (χ0) is 7.28. The molecule has 1 atom stereocenters. The molecule has 0 heterocycles. The van der Waals surface area contributed by atoms with Crippen molar-refractivity contribution in [3.63, 3.8) is 0 Å². The summed E-state index contributed by atoms with van der Waals surface area (Å²) in [5, 5.41) is -0.583. The monoisotopic (exact) mass is 187 g/mol. The molecule has 0 radical (unpaired) electrons. The second kappa shape index (κ2) is 7.12. The van der Waals surface area contributed by atoms with E-state index in [9.17, 15) is 4.79 Å². The molecule has 2 N–H and O–H groups in total. The molecule has 0 spiro atoms. The van der Waals surface area contributed by atoms with E-state index in [-0.39, 0.29) is 12.4 Å². The average molecular weight is 188 g/mol. The molecule has 0 rings (SSSR count). The standard InChI is InChI=1S/C5H10ClNO2.ClH/c1-9-5(8)4(6)2-3-7;/h4H,2-3,7H2,1H3;1H. The Labute approximate surface area is 71.3 Å². The van der Waals surface area contributed by atoms with E-state index >= 15 is 0 Å². The summed E-state index contributed by atoms with van der Waals surface area (Å²) in [5.74, 6) is -0.415. The molecule has 0 bridgehead atoms. The van der Waals surface area contributed by atoms with Crippen molar-refractivity contribution in [3.8, 4) is 0 Å². The van der Waals surface area contributed by atoms with Crippen molar-refractivity contribution in [2.24, 2.45) is 5.73 Å². The van der Waals surface area contributed by atoms with E-state index in [1.807, 2.05) is 0 Å². The van der Waals surface area contributed by atoms with Gasteiger partial charge in [-0.15, -0.1) is 24.0 Å². The minimum absolute atomic E-state index is 0. The van der Waals surface area contributed by atoms with Crippen molar-refractivity contribution in [2.75, 3.05) is 13.7 Å². The van der Waals surface area contributed by atoms with Crippen LogP contribution in [0.1, 0.15) is 6.42 Å². The van der Waals surface area contributed by atoms with Gasteiger partial charge in [-0.1, -0.05) is 0 Å². The molecule has 5 heteroatoms. The van der Waals surface area contributed by atoms with Gasteiger partial charge in [-0.2, -0.15) is 0 Å². The largest absolute Gasteiger partial charge is 0.468 e. The molecule has 0 saturated heterocycles. The van der Waals surface area contributed by atoms with Crippen LogP contribution in [-0.2, 0) is 9.53 Å². The minimum Gasteiger partial charge on any atom is -0.468 e. The van der Waals surface area contributed by atoms with Crippen molar-refractivity contribution in [1.29, 1.82) is 0 Å². The van der Waals surface area contributed by atoms with Crippen LogP contribution in [0.5, 0.6) is 0 Å². The molecule has 1 unspecified atom stereocenters. The van der Waals surface area contributed by atoms with Crippen LogP contribution in [0.2, 0.25) is 0 Å². The lowest BCUT2D eigenvalue weighted by atomic mass is 10.3. The van der Waals surface area contributed by atoms with Crippen LogP contribution in [0.25, 0.3) is 0 Å². The first kappa shape index (κ1) is 12.7. The Balaban J connectivity index is 0. The minimum atomic E-state index is -0.583. The number of nitrogens with two attached hydrogens (primary N) is 1. The Morgan fingerprint density at radius 3 is 2.60 bits per heavy atom. The highest BCUT2D eigenvalue weighted by molar-refractivity contribution is 6.29. The maximum absolute atomic E-state index is 10.5. The SMILES string of the molecule is COC(=O)C(Cl)CCN.Cl. The van der Waals surface area contributed by atoms with Gasteiger partial charge in [0.2, 0.25) is 0 Å². The van der Waals surface area contributed by atoms with E-state index in [1.165, 1.54) is 7.11 Å². The van der Waals surface area contributed by atoms with E-state index < -0.39 is 11.3 Å². The van der Waals surface area contributed by atoms with Crippen molar-refractivity contribution < 1.29 is 9.53 Å². The normalized spacial score (nSPS) is 11.5. The van der Waals surface area contributed by atoms with Crippen LogP contribution in [0.4, 0.5) is 0 Å². The number of hydrogen-bond acceptors (Lipinski definition) is 3. The molecule has 0 aliphatic rings. The van der Waals surface area contributed by atoms with Gasteiger partial charge in [0.25, 0.3) is 0 Å². The lowest BCUT2D eigenvalue weighted by Crippen LogP contribution is -2.19. The Morgan fingerprint density at radius 2 is 2.30 bits per heavy atom. The number of carbonyl (C=O) groups excluding carboxylic acids is 1. The van der Waals surface area contributed by atoms with Gasteiger partial charge < -0.3 is 10.5 Å². The summed E-state index contributed by atoms with van der Waals surface area (Å²) in [6.45, 7) is 0.406. The van der Waals surface area contributed by atoms with Gasteiger partial charge in [-0.25, -0.2) is 0 Å². The maximum Gasteiger partial charge on any atom is 0.323 e. The molecule has 0 fully saturated rings. The number of ether oxygens (including phenoxy) is 1. The zero-order valence-corrected chi connectivity index (χ0v) is 7.24. The molecule has 0 aromatic rings. The number of esters is 1. The van der Waals surface area contributed by atoms with E-state index in [0.29, 0.717) is 13.0 Å². The highest BCUT2D eigenvalue weighted by atomic mass is 35.5. The summed E-state index contributed by atoms with van der Waals surface area (Å²) in [7, 11) is 1.30. The van der Waals surface area contributed by atoms with Crippen molar-refractivity contribution in [2.45, 2.75) is 11.8 Å². The van der Waals surface area contributed by atoms with Gasteiger partial charge in [-0.05, 0) is 13.0 Å². The molecule has 0 saturated carbocycles. The van der Waals surface area contributed by atoms with Crippen LogP contribution in [0.15, 0.2) is 0 Å². The first-order chi connectivity index (χ1) is 4.22. The molecule has 10 heavy (non-hydrogen) atoms. The van der Waals surface area contributed by atoms with Gasteiger partial charge in [0.15, 0.2) is 0 Å². The summed E-state index contributed by atoms with van der Waals surface area (Å²) in [5.41, 5.74) is 5.13. The molecular weight excluding hydrogens is 177 g/mol. The number of hydrogen-bond donors (Lipinski definition) is 1. The number of alkyl halides is 1. The molecule has 0 amide bonds. The predicted molar refractivity (Wildman–Crippen MR) is 42.6 cm³/mol. The highest BCUT2D eigenvalue weighted by Gasteiger charge is 2.13. The molecule has 0 aliphatic heterocycles. The Morgan fingerprint density at radius 1 is 1.80 bits per heavy atom. The van der Waals surface area contributed by atoms with Crippen LogP contribution < -0.4 is 5.73 Å². The van der Waals surface area contributed by atoms with E-state index in [1.54, 1.807) is 0 Å². The molecule has 3 nitrogen and oxygen atoms in total. The van der Waals surface area contributed by atoms with Gasteiger partial charge in [0, 0.05) is 0 Å². The van der Waals surface area contributed by atoms with Gasteiger partial charge in [0.05, 0.1) is 7.11 Å². The van der Waals surface area contributed by atoms with Crippen molar-refractivity contribution >= 4 is 30.0 Å². The van der Waals surface area contributed by atoms with E-state index in [0.717, 1.165) is 0 Å². The summed E-state index contributed by atoms with van der Waals surface area (Å²) >= 11 is 5.48. The van der Waals surface area contributed by atoms with Crippen LogP contribution >= 0.6 is 24.0 Å². The first-order valence-electron chi connectivity index (χ1n) is 2.64. The summed E-state index contributed by atoms with van der Waals surface area (Å²) in [4.78, 5) is 10.5. The quantitative estimate of drug-likeness (QED) is 0.519. The van der Waals surface area contributed by atoms with Crippen molar-refractivity contribution in [3.05, 3.63) is 0 Å². The van der Waals surface area contributed by atoms with Crippen LogP contribution in [0, 0.1) is 0 Å². The molecule has 0 aliphatic carbocycles. The lowest BCUT2D eigenvalue weighted by molar-refractivity contribution is -0.140. The van der Waals surface area contributed by atoms with Crippen LogP contribution in [-0.4, -0.2) is 25.0 Å². The fraction of sp³-hybridized carbons (Fsp3) is 0.800. The Kier molecular flexibility index (Phi) is 9.02. The topological polar surface area (TPSA) is 52.3 Å². The van der Waals surface area contributed by atoms with E-state index in [4.69, 9.17) is 17.3 Å². The maximum atomic E-state index is 10.5. The third-order valence-corrected chi connectivity index (χ3v) is 1.27. The van der Waals surface area contributed by atoms with E-state index in [2.05, 4.69) is 4.74 Å². The average Bonchev–Trinajstić information content (AvgIpc) is 1.87. The fourth-order valence-corrected chi connectivity index (χ4v) is 0.607. The second-order valence-electron chi connectivity index (χ2n) is 1.57. The van der Waals surface area contributed by atoms with Crippen molar-refractivity contribution in [1.82, 2.24) is 0 Å². The third-order valence-electron chi connectivity index (χ3n) is 0.877. The number of halogens is 2. The summed E-state index contributed by atoms with van der Waals surface area (Å²) in [6, 6.07) is 0. The number of carbonyl (C=O) groups is 1. The molecule has 0 aromatic carbocycles. The first-order valence-corrected chi connectivity index (χ1v) is 3.08. The smallest absolute Gasteiger partial charge is 0.323 e. The molecule has 62 valence electrons. The number of methoxy groups -OCH3 is 1. The lowest BCUT2D eigenvalue weighted by Gasteiger charge is -2.02. The summed E-state index contributed by atoms with van der Waals surface area (Å²) < 4.78 is 4.34. The van der Waals surface area contributed by atoms with Crippen LogP contribution in [0.3, 0.4) is 0 Å². The van der Waals surface area contributed by atoms with Gasteiger partial charge >= 0.3 is 5.97 Å². The predicted octanol–water partition coefficient (Wildman–Crippen LogP) is 0.537. The fourth-order valence-electron chi connectivity index (χ4n) is 0.392. The molecular formula is C5H11Cl2NO2. The second-order valence-corrected chi connectivity index (χ2v) is 2.09. The summed E-state index contributed by atoms with van der Waals surface area (Å²) in [6.07, 6.45) is 0.466. The van der Waals surface area contributed by atoms with Gasteiger partial charge in [0.1, 0.15) is 5.38 Å². The number of rotatable bonds is 3. The Hall–Kier alpha value is 0.01000. The Bertz CT molecular complexity index is 99.6. The highest BCUT2D eigenvalue weighted by Crippen LogP contribution is 2.01. The third kappa shape index (κ3) is 4.85.